The summed E-state index contributed by atoms with van der Waals surface area (Å²) in [4.78, 5) is 8.05. The highest BCUT2D eigenvalue weighted by Crippen LogP contribution is 2.12. The summed E-state index contributed by atoms with van der Waals surface area (Å²) < 4.78 is 4.89. The van der Waals surface area contributed by atoms with Crippen LogP contribution in [0.25, 0.3) is 0 Å². The number of ether oxygens (including phenoxy) is 1. The monoisotopic (exact) mass is 185 g/mol. The summed E-state index contributed by atoms with van der Waals surface area (Å²) in [6, 6.07) is 1.67. The van der Waals surface area contributed by atoms with Crippen LogP contribution in [0.2, 0.25) is 0 Å². The molecule has 1 heterocycles. The highest BCUT2D eigenvalue weighted by Gasteiger charge is 1.96. The van der Waals surface area contributed by atoms with Crippen molar-refractivity contribution in [3.05, 3.63) is 12.3 Å². The van der Waals surface area contributed by atoms with Crippen LogP contribution in [-0.4, -0.2) is 29.4 Å². The van der Waals surface area contributed by atoms with Crippen molar-refractivity contribution in [1.82, 2.24) is 9.97 Å². The van der Waals surface area contributed by atoms with Crippen molar-refractivity contribution < 1.29 is 4.74 Å². The third kappa shape index (κ3) is 3.06. The highest BCUT2D eigenvalue weighted by molar-refractivity contribution is 7.99. The topological polar surface area (TPSA) is 61.0 Å². The lowest BCUT2D eigenvalue weighted by atomic mass is 10.6. The maximum Gasteiger partial charge on any atom is 0.189 e. The van der Waals surface area contributed by atoms with Crippen LogP contribution < -0.4 is 5.73 Å². The van der Waals surface area contributed by atoms with Crippen LogP contribution in [-0.2, 0) is 4.74 Å². The Kier molecular flexibility index (Phi) is 3.83. The predicted molar refractivity (Wildman–Crippen MR) is 49.0 cm³/mol. The van der Waals surface area contributed by atoms with Gasteiger partial charge in [0.2, 0.25) is 0 Å². The summed E-state index contributed by atoms with van der Waals surface area (Å²) in [5.74, 6) is 1.35. The van der Waals surface area contributed by atoms with Gasteiger partial charge in [-0.25, -0.2) is 9.97 Å². The van der Waals surface area contributed by atoms with Gasteiger partial charge in [-0.05, 0) is 6.07 Å². The number of anilines is 1. The lowest BCUT2D eigenvalue weighted by Gasteiger charge is -1.98. The fourth-order valence-corrected chi connectivity index (χ4v) is 1.38. The van der Waals surface area contributed by atoms with Gasteiger partial charge >= 0.3 is 0 Å². The van der Waals surface area contributed by atoms with Crippen LogP contribution in [0.3, 0.4) is 0 Å². The summed E-state index contributed by atoms with van der Waals surface area (Å²) in [6.45, 7) is 0.697. The molecule has 2 N–H and O–H groups in total. The quantitative estimate of drug-likeness (QED) is 0.427. The van der Waals surface area contributed by atoms with Gasteiger partial charge in [-0.2, -0.15) is 0 Å². The smallest absolute Gasteiger partial charge is 0.189 e. The first kappa shape index (κ1) is 9.28. The molecule has 0 atom stereocenters. The Morgan fingerprint density at radius 1 is 1.67 bits per heavy atom. The molecule has 0 aliphatic heterocycles. The van der Waals surface area contributed by atoms with Crippen molar-refractivity contribution in [1.29, 1.82) is 0 Å². The zero-order valence-corrected chi connectivity index (χ0v) is 7.67. The second-order valence-corrected chi connectivity index (χ2v) is 3.17. The van der Waals surface area contributed by atoms with E-state index in [-0.39, 0.29) is 0 Å². The molecule has 0 bridgehead atoms. The Labute approximate surface area is 75.5 Å². The van der Waals surface area contributed by atoms with Crippen molar-refractivity contribution in [3.63, 3.8) is 0 Å². The van der Waals surface area contributed by atoms with Crippen LogP contribution in [0.1, 0.15) is 0 Å². The maximum atomic E-state index is 5.47. The number of methoxy groups -OCH3 is 1. The van der Waals surface area contributed by atoms with Gasteiger partial charge in [0.15, 0.2) is 5.16 Å². The molecule has 0 amide bonds. The zero-order chi connectivity index (χ0) is 8.81. The first-order valence-corrected chi connectivity index (χ1v) is 4.52. The molecule has 1 rings (SSSR count). The Morgan fingerprint density at radius 2 is 2.50 bits per heavy atom. The number of rotatable bonds is 4. The third-order valence-corrected chi connectivity index (χ3v) is 2.00. The van der Waals surface area contributed by atoms with E-state index in [1.54, 1.807) is 19.4 Å². The van der Waals surface area contributed by atoms with Crippen LogP contribution in [0.5, 0.6) is 0 Å². The van der Waals surface area contributed by atoms with Gasteiger partial charge in [0.05, 0.1) is 6.61 Å². The molecule has 0 aliphatic carbocycles. The highest BCUT2D eigenvalue weighted by atomic mass is 32.2. The van der Waals surface area contributed by atoms with E-state index < -0.39 is 0 Å². The molecule has 0 saturated heterocycles. The number of nitrogen functional groups attached to an aromatic ring is 1. The molecule has 4 nitrogen and oxygen atoms in total. The van der Waals surface area contributed by atoms with Gasteiger partial charge in [-0.3, -0.25) is 0 Å². The standard InChI is InChI=1S/C7H11N3OS/c1-11-4-5-12-7-9-3-2-6(8)10-7/h2-3H,4-5H2,1H3,(H2,8,9,10). The lowest BCUT2D eigenvalue weighted by Crippen LogP contribution is -1.96. The molecule has 12 heavy (non-hydrogen) atoms. The lowest BCUT2D eigenvalue weighted by molar-refractivity contribution is 0.218. The Balaban J connectivity index is 2.41. The number of thioether (sulfide) groups is 1. The third-order valence-electron chi connectivity index (χ3n) is 1.17. The van der Waals surface area contributed by atoms with Gasteiger partial charge in [0.1, 0.15) is 5.82 Å². The van der Waals surface area contributed by atoms with Crippen LogP contribution in [0, 0.1) is 0 Å². The number of hydrogen-bond donors (Lipinski definition) is 1. The summed E-state index contributed by atoms with van der Waals surface area (Å²) in [5, 5.41) is 0.701. The minimum Gasteiger partial charge on any atom is -0.384 e. The van der Waals surface area contributed by atoms with Crippen molar-refractivity contribution >= 4 is 17.6 Å². The van der Waals surface area contributed by atoms with Gasteiger partial charge in [-0.15, -0.1) is 0 Å². The number of nitrogens with two attached hydrogens (primary N) is 1. The predicted octanol–water partition coefficient (Wildman–Crippen LogP) is 0.797. The van der Waals surface area contributed by atoms with Gasteiger partial charge in [0.25, 0.3) is 0 Å². The minimum atomic E-state index is 0.505. The zero-order valence-electron chi connectivity index (χ0n) is 6.86. The van der Waals surface area contributed by atoms with Gasteiger partial charge in [-0.1, -0.05) is 11.8 Å². The molecule has 1 aromatic rings. The fourth-order valence-electron chi connectivity index (χ4n) is 0.640. The first-order chi connectivity index (χ1) is 5.83. The van der Waals surface area contributed by atoms with E-state index in [2.05, 4.69) is 9.97 Å². The molecule has 0 saturated carbocycles. The molecular formula is C7H11N3OS. The number of hydrogen-bond acceptors (Lipinski definition) is 5. The number of aromatic nitrogens is 2. The normalized spacial score (nSPS) is 10.1. The molecular weight excluding hydrogens is 174 g/mol. The molecule has 0 aliphatic rings. The van der Waals surface area contributed by atoms with E-state index in [9.17, 15) is 0 Å². The summed E-state index contributed by atoms with van der Waals surface area (Å²) in [6.07, 6.45) is 1.65. The molecule has 1 aromatic heterocycles. The SMILES string of the molecule is COCCSc1nccc(N)n1. The van der Waals surface area contributed by atoms with Crippen LogP contribution in [0.15, 0.2) is 17.4 Å². The fraction of sp³-hybridized carbons (Fsp3) is 0.429. The average Bonchev–Trinajstić information content (AvgIpc) is 2.05. The largest absolute Gasteiger partial charge is 0.384 e. The Bertz CT molecular complexity index is 244. The van der Waals surface area contributed by atoms with Crippen LogP contribution in [0.4, 0.5) is 5.82 Å². The van der Waals surface area contributed by atoms with Crippen molar-refractivity contribution in [2.24, 2.45) is 0 Å². The van der Waals surface area contributed by atoms with E-state index >= 15 is 0 Å². The maximum absolute atomic E-state index is 5.47. The van der Waals surface area contributed by atoms with E-state index in [4.69, 9.17) is 10.5 Å². The van der Waals surface area contributed by atoms with Crippen molar-refractivity contribution in [2.75, 3.05) is 25.2 Å². The Hall–Kier alpha value is -0.810. The molecule has 5 heteroatoms. The van der Waals surface area contributed by atoms with Gasteiger partial charge in [0, 0.05) is 19.1 Å². The number of nitrogens with zero attached hydrogens (tertiary/aromatic N) is 2. The van der Waals surface area contributed by atoms with E-state index in [0.717, 1.165) is 5.75 Å². The Morgan fingerprint density at radius 3 is 3.17 bits per heavy atom. The summed E-state index contributed by atoms with van der Waals surface area (Å²) >= 11 is 1.53. The summed E-state index contributed by atoms with van der Waals surface area (Å²) in [5.41, 5.74) is 5.47. The summed E-state index contributed by atoms with van der Waals surface area (Å²) in [7, 11) is 1.67. The molecule has 0 aromatic carbocycles. The average molecular weight is 185 g/mol. The first-order valence-electron chi connectivity index (χ1n) is 3.53. The van der Waals surface area contributed by atoms with Crippen molar-refractivity contribution in [2.45, 2.75) is 5.16 Å². The molecule has 0 fully saturated rings. The molecule has 0 unspecified atom stereocenters. The van der Waals surface area contributed by atoms with Gasteiger partial charge < -0.3 is 10.5 Å². The minimum absolute atomic E-state index is 0.505. The molecule has 0 spiro atoms. The van der Waals surface area contributed by atoms with Crippen LogP contribution >= 0.6 is 11.8 Å². The van der Waals surface area contributed by atoms with E-state index in [1.165, 1.54) is 11.8 Å². The van der Waals surface area contributed by atoms with Crippen molar-refractivity contribution in [3.8, 4) is 0 Å². The van der Waals surface area contributed by atoms with E-state index in [1.807, 2.05) is 0 Å². The molecule has 66 valence electrons. The van der Waals surface area contributed by atoms with E-state index in [0.29, 0.717) is 17.6 Å². The molecule has 0 radical (unpaired) electrons. The second-order valence-electron chi connectivity index (χ2n) is 2.11. The second kappa shape index (κ2) is 4.95.